The summed E-state index contributed by atoms with van der Waals surface area (Å²) >= 11 is 0. The van der Waals surface area contributed by atoms with Crippen LogP contribution in [0.15, 0.2) is 101 Å². The molecule has 1 aliphatic rings. The number of carbonyl (C=O) groups is 1. The summed E-state index contributed by atoms with van der Waals surface area (Å²) in [6, 6.07) is 25.6. The molecule has 0 spiro atoms. The number of hydrogen-bond donors (Lipinski definition) is 2. The Hall–Kier alpha value is -4.51. The third-order valence-corrected chi connectivity index (χ3v) is 9.58. The molecule has 10 heteroatoms. The van der Waals surface area contributed by atoms with Crippen LogP contribution in [0.2, 0.25) is 0 Å². The number of fused-ring (bicyclic) bond motifs is 2. The number of phenols is 1. The van der Waals surface area contributed by atoms with Gasteiger partial charge in [0.15, 0.2) is 0 Å². The second kappa shape index (κ2) is 12.0. The number of piperazine rings is 1. The van der Waals surface area contributed by atoms with Crippen molar-refractivity contribution in [2.75, 3.05) is 32.7 Å². The molecule has 0 atom stereocenters. The van der Waals surface area contributed by atoms with Crippen LogP contribution in [0, 0.1) is 6.92 Å². The van der Waals surface area contributed by atoms with Gasteiger partial charge in [-0.25, -0.2) is 17.8 Å². The van der Waals surface area contributed by atoms with E-state index >= 15 is 0 Å². The molecule has 43 heavy (non-hydrogen) atoms. The van der Waals surface area contributed by atoms with Gasteiger partial charge in [-0.2, -0.15) is 5.10 Å². The summed E-state index contributed by atoms with van der Waals surface area (Å²) in [5.74, 6) is -0.127. The van der Waals surface area contributed by atoms with Crippen molar-refractivity contribution in [3.05, 3.63) is 108 Å². The molecular weight excluding hydrogens is 562 g/mol. The Kier molecular flexibility index (Phi) is 7.98. The van der Waals surface area contributed by atoms with E-state index < -0.39 is 10.0 Å². The Morgan fingerprint density at radius 1 is 0.884 bits per heavy atom. The topological polar surface area (TPSA) is 107 Å². The molecule has 1 aromatic heterocycles. The first kappa shape index (κ1) is 28.6. The molecule has 2 heterocycles. The van der Waals surface area contributed by atoms with E-state index in [-0.39, 0.29) is 23.1 Å². The summed E-state index contributed by atoms with van der Waals surface area (Å²) in [7, 11) is -3.74. The van der Waals surface area contributed by atoms with E-state index in [9.17, 15) is 18.3 Å². The lowest BCUT2D eigenvalue weighted by Gasteiger charge is -2.34. The van der Waals surface area contributed by atoms with E-state index in [2.05, 4.69) is 20.3 Å². The van der Waals surface area contributed by atoms with Crippen LogP contribution in [0.3, 0.4) is 0 Å². The summed E-state index contributed by atoms with van der Waals surface area (Å²) < 4.78 is 28.4. The standard InChI is InChI=1S/C33H33N5O4S/c1-24-10-13-27(14-11-24)43(41,42)38-22-26(29-8-4-5-9-31(29)38)21-36-16-18-37(19-17-36)23-33(40)35-34-20-30-28-7-3-2-6-25(28)12-15-32(30)39/h2-15,20,22,39H,16-19,21,23H2,1H3,(H,35,40)/b34-20-. The van der Waals surface area contributed by atoms with Crippen molar-refractivity contribution in [3.63, 3.8) is 0 Å². The molecule has 1 fully saturated rings. The zero-order valence-electron chi connectivity index (χ0n) is 23.8. The van der Waals surface area contributed by atoms with E-state index in [0.29, 0.717) is 30.7 Å². The highest BCUT2D eigenvalue weighted by Gasteiger charge is 2.24. The first-order chi connectivity index (χ1) is 20.8. The molecule has 5 aromatic rings. The molecule has 0 bridgehead atoms. The van der Waals surface area contributed by atoms with Crippen LogP contribution in [0.5, 0.6) is 5.75 Å². The molecule has 2 N–H and O–H groups in total. The Morgan fingerprint density at radius 3 is 2.33 bits per heavy atom. The monoisotopic (exact) mass is 595 g/mol. The highest BCUT2D eigenvalue weighted by atomic mass is 32.2. The number of benzene rings is 4. The van der Waals surface area contributed by atoms with Gasteiger partial charge in [0.25, 0.3) is 15.9 Å². The SMILES string of the molecule is Cc1ccc(S(=O)(=O)n2cc(CN3CCN(CC(=O)N/N=C\c4c(O)ccc5ccccc45)CC3)c3ccccc32)cc1. The minimum Gasteiger partial charge on any atom is -0.507 e. The molecule has 6 rings (SSSR count). The quantitative estimate of drug-likeness (QED) is 0.205. The predicted molar refractivity (Wildman–Crippen MR) is 169 cm³/mol. The van der Waals surface area contributed by atoms with Crippen molar-refractivity contribution in [1.29, 1.82) is 0 Å². The molecule has 0 saturated carbocycles. The van der Waals surface area contributed by atoms with E-state index in [0.717, 1.165) is 40.4 Å². The summed E-state index contributed by atoms with van der Waals surface area (Å²) in [6.07, 6.45) is 3.22. The number of aromatic hydroxyl groups is 1. The number of aromatic nitrogens is 1. The molecule has 4 aromatic carbocycles. The van der Waals surface area contributed by atoms with Crippen LogP contribution in [0.1, 0.15) is 16.7 Å². The van der Waals surface area contributed by atoms with Crippen LogP contribution < -0.4 is 5.43 Å². The van der Waals surface area contributed by atoms with E-state index in [1.165, 1.54) is 10.2 Å². The lowest BCUT2D eigenvalue weighted by molar-refractivity contribution is -0.122. The highest BCUT2D eigenvalue weighted by Crippen LogP contribution is 2.28. The van der Waals surface area contributed by atoms with Gasteiger partial charge in [0.1, 0.15) is 5.75 Å². The number of para-hydroxylation sites is 1. The van der Waals surface area contributed by atoms with Gasteiger partial charge in [-0.3, -0.25) is 14.6 Å². The highest BCUT2D eigenvalue weighted by molar-refractivity contribution is 7.90. The lowest BCUT2D eigenvalue weighted by atomic mass is 10.0. The van der Waals surface area contributed by atoms with Crippen molar-refractivity contribution in [1.82, 2.24) is 19.2 Å². The number of carbonyl (C=O) groups excluding carboxylic acids is 1. The number of amides is 1. The summed E-state index contributed by atoms with van der Waals surface area (Å²) in [4.78, 5) is 17.2. The number of phenolic OH excluding ortho intramolecular Hbond substituents is 1. The molecule has 0 unspecified atom stereocenters. The zero-order chi connectivity index (χ0) is 30.0. The first-order valence-electron chi connectivity index (χ1n) is 14.2. The van der Waals surface area contributed by atoms with Crippen molar-refractivity contribution < 1.29 is 18.3 Å². The van der Waals surface area contributed by atoms with Crippen LogP contribution >= 0.6 is 0 Å². The smallest absolute Gasteiger partial charge is 0.268 e. The van der Waals surface area contributed by atoms with E-state index in [4.69, 9.17) is 0 Å². The minimum absolute atomic E-state index is 0.101. The van der Waals surface area contributed by atoms with Gasteiger partial charge in [0, 0.05) is 49.9 Å². The molecule has 1 aliphatic heterocycles. The largest absolute Gasteiger partial charge is 0.507 e. The molecule has 1 saturated heterocycles. The van der Waals surface area contributed by atoms with Crippen LogP contribution in [-0.2, 0) is 21.4 Å². The Bertz CT molecular complexity index is 1920. The Labute approximate surface area is 250 Å². The molecule has 220 valence electrons. The number of rotatable bonds is 8. The molecule has 0 aliphatic carbocycles. The second-order valence-electron chi connectivity index (χ2n) is 10.9. The van der Waals surface area contributed by atoms with E-state index in [1.54, 1.807) is 24.4 Å². The van der Waals surface area contributed by atoms with Crippen molar-refractivity contribution in [3.8, 4) is 5.75 Å². The van der Waals surface area contributed by atoms with Crippen LogP contribution in [-0.4, -0.2) is 72.1 Å². The van der Waals surface area contributed by atoms with Gasteiger partial charge in [-0.05, 0) is 47.5 Å². The Balaban J connectivity index is 1.07. The third-order valence-electron chi connectivity index (χ3n) is 7.89. The maximum Gasteiger partial charge on any atom is 0.268 e. The normalized spacial score (nSPS) is 15.0. The molecular formula is C33H33N5O4S. The average Bonchev–Trinajstić information content (AvgIpc) is 3.38. The fourth-order valence-electron chi connectivity index (χ4n) is 5.54. The fraction of sp³-hybridized carbons (Fsp3) is 0.212. The first-order valence-corrected chi connectivity index (χ1v) is 15.6. The number of hydrogen-bond acceptors (Lipinski definition) is 7. The van der Waals surface area contributed by atoms with Gasteiger partial charge in [-0.1, -0.05) is 66.2 Å². The average molecular weight is 596 g/mol. The maximum absolute atomic E-state index is 13.5. The van der Waals surface area contributed by atoms with Gasteiger partial charge >= 0.3 is 0 Å². The number of aryl methyl sites for hydroxylation is 1. The van der Waals surface area contributed by atoms with Crippen molar-refractivity contribution in [2.24, 2.45) is 5.10 Å². The predicted octanol–water partition coefficient (Wildman–Crippen LogP) is 4.31. The van der Waals surface area contributed by atoms with Crippen molar-refractivity contribution in [2.45, 2.75) is 18.4 Å². The summed E-state index contributed by atoms with van der Waals surface area (Å²) in [6.45, 7) is 5.62. The summed E-state index contributed by atoms with van der Waals surface area (Å²) in [5, 5.41) is 17.1. The fourth-order valence-corrected chi connectivity index (χ4v) is 6.93. The van der Waals surface area contributed by atoms with Gasteiger partial charge < -0.3 is 5.11 Å². The third kappa shape index (κ3) is 6.03. The number of hydrazone groups is 1. The zero-order valence-corrected chi connectivity index (χ0v) is 24.7. The van der Waals surface area contributed by atoms with Gasteiger partial charge in [0.05, 0.1) is 23.2 Å². The molecule has 1 amide bonds. The second-order valence-corrected chi connectivity index (χ2v) is 12.7. The lowest BCUT2D eigenvalue weighted by Crippen LogP contribution is -2.48. The van der Waals surface area contributed by atoms with Gasteiger partial charge in [-0.15, -0.1) is 0 Å². The van der Waals surface area contributed by atoms with Crippen molar-refractivity contribution >= 4 is 43.8 Å². The minimum atomic E-state index is -3.74. The molecule has 0 radical (unpaired) electrons. The van der Waals surface area contributed by atoms with Crippen LogP contribution in [0.25, 0.3) is 21.7 Å². The van der Waals surface area contributed by atoms with E-state index in [1.807, 2.05) is 73.7 Å². The van der Waals surface area contributed by atoms with Gasteiger partial charge in [0.2, 0.25) is 0 Å². The number of nitrogens with one attached hydrogen (secondary N) is 1. The van der Waals surface area contributed by atoms with Crippen LogP contribution in [0.4, 0.5) is 0 Å². The number of nitrogens with zero attached hydrogens (tertiary/aromatic N) is 4. The Morgan fingerprint density at radius 2 is 1.56 bits per heavy atom. The summed E-state index contributed by atoms with van der Waals surface area (Å²) in [5.41, 5.74) is 5.74. The molecule has 9 nitrogen and oxygen atoms in total. The maximum atomic E-state index is 13.5.